The summed E-state index contributed by atoms with van der Waals surface area (Å²) in [5, 5.41) is 10.8. The smallest absolute Gasteiger partial charge is 0.269 e. The Morgan fingerprint density at radius 3 is 2.46 bits per heavy atom. The van der Waals surface area contributed by atoms with Gasteiger partial charge < -0.3 is 4.90 Å². The number of non-ortho nitro benzene ring substituents is 1. The van der Waals surface area contributed by atoms with Crippen molar-refractivity contribution in [2.45, 2.75) is 37.6 Å². The minimum Gasteiger partial charge on any atom is -0.308 e. The second-order valence-corrected chi connectivity index (χ2v) is 6.74. The fourth-order valence-electron chi connectivity index (χ4n) is 3.76. The summed E-state index contributed by atoms with van der Waals surface area (Å²) in [4.78, 5) is 25.7. The fraction of sp³-hybridized carbons (Fsp3) is 0.316. The van der Waals surface area contributed by atoms with E-state index in [2.05, 4.69) is 13.0 Å². The summed E-state index contributed by atoms with van der Waals surface area (Å²) in [6.07, 6.45) is 2.47. The minimum atomic E-state index is -0.513. The molecule has 5 heteroatoms. The van der Waals surface area contributed by atoms with Crippen LogP contribution in [0.1, 0.15) is 30.9 Å². The first-order valence-corrected chi connectivity index (χ1v) is 8.19. The van der Waals surface area contributed by atoms with Crippen molar-refractivity contribution in [2.75, 3.05) is 4.90 Å². The van der Waals surface area contributed by atoms with Crippen LogP contribution in [0.15, 0.2) is 48.5 Å². The number of anilines is 1. The Hall–Kier alpha value is -2.69. The molecule has 2 aromatic carbocycles. The van der Waals surface area contributed by atoms with E-state index < -0.39 is 10.3 Å². The summed E-state index contributed by atoms with van der Waals surface area (Å²) >= 11 is 0. The number of nitrogens with zero attached hydrogens (tertiary/aromatic N) is 2. The predicted molar refractivity (Wildman–Crippen MR) is 91.1 cm³/mol. The number of hydrogen-bond acceptors (Lipinski definition) is 3. The van der Waals surface area contributed by atoms with Crippen LogP contribution in [0, 0.1) is 10.1 Å². The van der Waals surface area contributed by atoms with Crippen molar-refractivity contribution >= 4 is 17.3 Å². The molecule has 1 amide bonds. The van der Waals surface area contributed by atoms with Gasteiger partial charge in [0.15, 0.2) is 0 Å². The maximum Gasteiger partial charge on any atom is 0.269 e. The average Bonchev–Trinajstić information content (AvgIpc) is 3.32. The van der Waals surface area contributed by atoms with Gasteiger partial charge in [-0.15, -0.1) is 0 Å². The van der Waals surface area contributed by atoms with Crippen LogP contribution in [-0.2, 0) is 16.6 Å². The molecule has 1 aliphatic carbocycles. The number of nitro benzene ring substituents is 1. The molecule has 24 heavy (non-hydrogen) atoms. The fourth-order valence-corrected chi connectivity index (χ4v) is 3.76. The molecule has 1 saturated carbocycles. The standard InChI is InChI=1S/C19H18N2O3/c1-13-12-14-4-2-3-5-17(14)20(13)18(22)19(10-11-19)15-6-8-16(9-7-15)21(23)24/h2-9,13H,10-12H2,1H3/t13-/m1/s1. The van der Waals surface area contributed by atoms with E-state index in [1.165, 1.54) is 17.7 Å². The summed E-state index contributed by atoms with van der Waals surface area (Å²) in [6, 6.07) is 14.6. The van der Waals surface area contributed by atoms with Crippen LogP contribution in [0.25, 0.3) is 0 Å². The maximum atomic E-state index is 13.3. The van der Waals surface area contributed by atoms with Crippen LogP contribution in [0.5, 0.6) is 0 Å². The van der Waals surface area contributed by atoms with Crippen molar-refractivity contribution in [1.29, 1.82) is 0 Å². The molecule has 2 aliphatic rings. The maximum absolute atomic E-state index is 13.3. The molecule has 0 aromatic heterocycles. The van der Waals surface area contributed by atoms with E-state index in [-0.39, 0.29) is 17.6 Å². The third-order valence-corrected chi connectivity index (χ3v) is 5.22. The lowest BCUT2D eigenvalue weighted by molar-refractivity contribution is -0.384. The van der Waals surface area contributed by atoms with Crippen molar-refractivity contribution in [3.8, 4) is 0 Å². The third-order valence-electron chi connectivity index (χ3n) is 5.22. The number of nitro groups is 1. The molecule has 2 aromatic rings. The molecule has 1 atom stereocenters. The molecule has 4 rings (SSSR count). The van der Waals surface area contributed by atoms with Gasteiger partial charge in [-0.3, -0.25) is 14.9 Å². The van der Waals surface area contributed by atoms with Gasteiger partial charge in [-0.1, -0.05) is 30.3 Å². The van der Waals surface area contributed by atoms with Gasteiger partial charge in [-0.05, 0) is 43.4 Å². The van der Waals surface area contributed by atoms with E-state index in [9.17, 15) is 14.9 Å². The number of para-hydroxylation sites is 1. The summed E-state index contributed by atoms with van der Waals surface area (Å²) in [5.74, 6) is 0.119. The molecule has 1 aliphatic heterocycles. The van der Waals surface area contributed by atoms with Gasteiger partial charge in [0, 0.05) is 23.9 Å². The van der Waals surface area contributed by atoms with E-state index in [0.717, 1.165) is 30.5 Å². The van der Waals surface area contributed by atoms with E-state index >= 15 is 0 Å². The van der Waals surface area contributed by atoms with Gasteiger partial charge in [0.05, 0.1) is 10.3 Å². The Kier molecular flexibility index (Phi) is 3.20. The van der Waals surface area contributed by atoms with Crippen LogP contribution < -0.4 is 4.90 Å². The van der Waals surface area contributed by atoms with Gasteiger partial charge >= 0.3 is 0 Å². The molecule has 0 radical (unpaired) electrons. The molecule has 0 saturated heterocycles. The minimum absolute atomic E-state index is 0.0573. The predicted octanol–water partition coefficient (Wildman–Crippen LogP) is 3.60. The lowest BCUT2D eigenvalue weighted by Crippen LogP contribution is -2.42. The van der Waals surface area contributed by atoms with Crippen LogP contribution >= 0.6 is 0 Å². The molecule has 0 spiro atoms. The topological polar surface area (TPSA) is 63.5 Å². The SMILES string of the molecule is C[C@@H]1Cc2ccccc2N1C(=O)C1(c2ccc([N+](=O)[O-])cc2)CC1. The molecular formula is C19H18N2O3. The van der Waals surface area contributed by atoms with Crippen molar-refractivity contribution in [3.63, 3.8) is 0 Å². The first-order valence-electron chi connectivity index (χ1n) is 8.19. The number of benzene rings is 2. The molecule has 122 valence electrons. The largest absolute Gasteiger partial charge is 0.308 e. The number of rotatable bonds is 3. The Morgan fingerprint density at radius 2 is 1.83 bits per heavy atom. The van der Waals surface area contributed by atoms with E-state index in [4.69, 9.17) is 0 Å². The first kappa shape index (κ1) is 14.9. The Balaban J connectivity index is 1.68. The van der Waals surface area contributed by atoms with E-state index in [1.54, 1.807) is 12.1 Å². The Bertz CT molecular complexity index is 825. The number of amides is 1. The molecular weight excluding hydrogens is 304 g/mol. The highest BCUT2D eigenvalue weighted by Gasteiger charge is 2.54. The molecule has 0 bridgehead atoms. The van der Waals surface area contributed by atoms with Crippen molar-refractivity contribution < 1.29 is 9.72 Å². The highest BCUT2D eigenvalue weighted by atomic mass is 16.6. The summed E-state index contributed by atoms with van der Waals surface area (Å²) in [7, 11) is 0. The second-order valence-electron chi connectivity index (χ2n) is 6.74. The zero-order chi connectivity index (χ0) is 16.9. The van der Waals surface area contributed by atoms with Crippen LogP contribution in [0.2, 0.25) is 0 Å². The van der Waals surface area contributed by atoms with Gasteiger partial charge in [-0.25, -0.2) is 0 Å². The highest BCUT2D eigenvalue weighted by Crippen LogP contribution is 2.51. The van der Waals surface area contributed by atoms with Crippen molar-refractivity contribution in [2.24, 2.45) is 0 Å². The van der Waals surface area contributed by atoms with Crippen LogP contribution in [-0.4, -0.2) is 16.9 Å². The molecule has 1 fully saturated rings. The molecule has 0 unspecified atom stereocenters. The van der Waals surface area contributed by atoms with Gasteiger partial charge in [0.1, 0.15) is 0 Å². The van der Waals surface area contributed by atoms with Gasteiger partial charge in [-0.2, -0.15) is 0 Å². The van der Waals surface area contributed by atoms with Crippen LogP contribution in [0.3, 0.4) is 0 Å². The van der Waals surface area contributed by atoms with E-state index in [1.807, 2.05) is 23.1 Å². The zero-order valence-electron chi connectivity index (χ0n) is 13.4. The average molecular weight is 322 g/mol. The normalized spacial score (nSPS) is 20.5. The van der Waals surface area contributed by atoms with Gasteiger partial charge in [0.2, 0.25) is 5.91 Å². The van der Waals surface area contributed by atoms with Crippen molar-refractivity contribution in [1.82, 2.24) is 0 Å². The monoisotopic (exact) mass is 322 g/mol. The lowest BCUT2D eigenvalue weighted by atomic mass is 9.93. The Morgan fingerprint density at radius 1 is 1.17 bits per heavy atom. The summed E-state index contributed by atoms with van der Waals surface area (Å²) in [6.45, 7) is 2.07. The van der Waals surface area contributed by atoms with Crippen molar-refractivity contribution in [3.05, 3.63) is 69.8 Å². The van der Waals surface area contributed by atoms with Crippen LogP contribution in [0.4, 0.5) is 11.4 Å². The first-order chi connectivity index (χ1) is 11.5. The van der Waals surface area contributed by atoms with Gasteiger partial charge in [0.25, 0.3) is 5.69 Å². The lowest BCUT2D eigenvalue weighted by Gasteiger charge is -2.28. The summed E-state index contributed by atoms with van der Waals surface area (Å²) < 4.78 is 0. The number of hydrogen-bond donors (Lipinski definition) is 0. The third kappa shape index (κ3) is 2.12. The summed E-state index contributed by atoms with van der Waals surface area (Å²) in [5.41, 5.74) is 2.64. The molecule has 5 nitrogen and oxygen atoms in total. The Labute approximate surface area is 140 Å². The quantitative estimate of drug-likeness (QED) is 0.640. The number of carbonyl (C=O) groups is 1. The van der Waals surface area contributed by atoms with E-state index in [0.29, 0.717) is 0 Å². The molecule has 1 heterocycles. The number of carbonyl (C=O) groups excluding carboxylic acids is 1. The zero-order valence-corrected chi connectivity index (χ0v) is 13.4. The highest BCUT2D eigenvalue weighted by molar-refractivity contribution is 6.05. The number of fused-ring (bicyclic) bond motifs is 1. The molecule has 0 N–H and O–H groups in total. The second kappa shape index (κ2) is 5.16.